The Hall–Kier alpha value is -3.32. The van der Waals surface area contributed by atoms with Gasteiger partial charge in [0.25, 0.3) is 0 Å². The molecule has 10 heteroatoms. The number of piperidine rings is 2. The van der Waals surface area contributed by atoms with E-state index in [1.807, 2.05) is 36.6 Å². The third-order valence-corrected chi connectivity index (χ3v) is 10.5. The van der Waals surface area contributed by atoms with Crippen molar-refractivity contribution in [2.75, 3.05) is 13.1 Å². The highest BCUT2D eigenvalue weighted by molar-refractivity contribution is 7.19. The molecule has 3 aliphatic rings. The molecule has 1 saturated carbocycles. The number of carbonyl (C=O) groups is 2. The normalized spacial score (nSPS) is 23.1. The summed E-state index contributed by atoms with van der Waals surface area (Å²) in [5.74, 6) is -1.02. The average Bonchev–Trinajstić information content (AvgIpc) is 3.21. The van der Waals surface area contributed by atoms with E-state index >= 15 is 4.39 Å². The van der Waals surface area contributed by atoms with Crippen molar-refractivity contribution >= 4 is 55.9 Å². The predicted octanol–water partition coefficient (Wildman–Crippen LogP) is 5.74. The summed E-state index contributed by atoms with van der Waals surface area (Å²) in [4.78, 5) is 32.7. The molecule has 2 atom stereocenters. The zero-order chi connectivity index (χ0) is 28.0. The maximum absolute atomic E-state index is 15.3. The molecule has 2 saturated heterocycles. The molecule has 40 heavy (non-hydrogen) atoms. The van der Waals surface area contributed by atoms with Crippen LogP contribution >= 0.6 is 22.9 Å². The van der Waals surface area contributed by atoms with Crippen LogP contribution in [-0.2, 0) is 22.7 Å². The van der Waals surface area contributed by atoms with Gasteiger partial charge in [-0.1, -0.05) is 25.4 Å². The molecule has 1 aliphatic carbocycles. The van der Waals surface area contributed by atoms with Crippen LogP contribution in [0.15, 0.2) is 36.7 Å². The van der Waals surface area contributed by atoms with Crippen molar-refractivity contribution in [1.29, 1.82) is 5.26 Å². The Morgan fingerprint density at radius 1 is 1.18 bits per heavy atom. The summed E-state index contributed by atoms with van der Waals surface area (Å²) in [5, 5.41) is 14.2. The number of amides is 2. The Morgan fingerprint density at radius 3 is 2.60 bits per heavy atom. The van der Waals surface area contributed by atoms with E-state index in [4.69, 9.17) is 11.6 Å². The first-order chi connectivity index (χ1) is 19.1. The van der Waals surface area contributed by atoms with Gasteiger partial charge in [0.2, 0.25) is 11.8 Å². The summed E-state index contributed by atoms with van der Waals surface area (Å²) in [5.41, 5.74) is 2.18. The topological polar surface area (TPSA) is 91.0 Å². The lowest BCUT2D eigenvalue weighted by Gasteiger charge is -2.32. The molecule has 5 heterocycles. The fourth-order valence-corrected chi connectivity index (χ4v) is 8.17. The first kappa shape index (κ1) is 25.6. The van der Waals surface area contributed by atoms with Crippen LogP contribution in [0.2, 0.25) is 5.02 Å². The smallest absolute Gasteiger partial charge is 0.234 e. The monoisotopic (exact) mass is 575 g/mol. The number of likely N-dealkylation sites (tertiary alicyclic amines) is 1. The molecule has 1 N–H and O–H groups in total. The molecule has 0 radical (unpaired) electrons. The number of carbonyl (C=O) groups excluding carboxylic acids is 2. The van der Waals surface area contributed by atoms with E-state index in [1.165, 1.54) is 22.4 Å². The number of imide groups is 1. The Balaban J connectivity index is 1.31. The van der Waals surface area contributed by atoms with Gasteiger partial charge in [0, 0.05) is 45.4 Å². The van der Waals surface area contributed by atoms with Crippen LogP contribution in [-0.4, -0.2) is 39.4 Å². The van der Waals surface area contributed by atoms with Crippen LogP contribution in [0, 0.1) is 39.8 Å². The molecule has 0 bridgehead atoms. The second-order valence-corrected chi connectivity index (χ2v) is 13.5. The van der Waals surface area contributed by atoms with E-state index < -0.39 is 5.41 Å². The molecule has 2 amide bonds. The minimum Gasteiger partial charge on any atom is -0.342 e. The van der Waals surface area contributed by atoms with Gasteiger partial charge in [-0.05, 0) is 55.6 Å². The summed E-state index contributed by atoms with van der Waals surface area (Å²) in [6.45, 7) is 6.03. The number of hydrogen-bond acceptors (Lipinski definition) is 6. The van der Waals surface area contributed by atoms with Gasteiger partial charge in [0.15, 0.2) is 0 Å². The van der Waals surface area contributed by atoms with Gasteiger partial charge in [0.1, 0.15) is 5.82 Å². The molecule has 4 aromatic rings. The van der Waals surface area contributed by atoms with Crippen LogP contribution in [0.3, 0.4) is 0 Å². The van der Waals surface area contributed by atoms with Gasteiger partial charge < -0.3 is 9.88 Å². The van der Waals surface area contributed by atoms with Gasteiger partial charge in [-0.25, -0.2) is 4.39 Å². The Kier molecular flexibility index (Phi) is 5.66. The van der Waals surface area contributed by atoms with Crippen molar-refractivity contribution in [3.05, 3.63) is 52.4 Å². The number of nitrogens with one attached hydrogen (secondary N) is 1. The second-order valence-electron chi connectivity index (χ2n) is 11.9. The van der Waals surface area contributed by atoms with E-state index in [2.05, 4.69) is 16.4 Å². The van der Waals surface area contributed by atoms with Crippen molar-refractivity contribution in [2.24, 2.45) is 22.7 Å². The van der Waals surface area contributed by atoms with Crippen molar-refractivity contribution < 1.29 is 14.0 Å². The van der Waals surface area contributed by atoms with Gasteiger partial charge >= 0.3 is 0 Å². The zero-order valence-electron chi connectivity index (χ0n) is 22.1. The number of fused-ring (bicyclic) bond motifs is 3. The van der Waals surface area contributed by atoms with Crippen molar-refractivity contribution in [3.8, 4) is 17.2 Å². The maximum Gasteiger partial charge on any atom is 0.234 e. The van der Waals surface area contributed by atoms with E-state index in [1.54, 1.807) is 12.3 Å². The third-order valence-electron chi connectivity index (χ3n) is 9.12. The Labute approximate surface area is 239 Å². The standard InChI is InChI=1S/C30H27ClFN5O2S/c1-29(2)23-24(29)28(39)37(27(23)38)12-17-11-22-26(40-17)18(3-6-35-22)19-9-16(31)10-20-21(32)13-36(25(19)20)15-30(14-33)4-7-34-8-5-30/h3,6,9-11,13,23-24,34H,4-5,7-8,12,15H2,1-2H3. The second kappa shape index (κ2) is 8.84. The Bertz CT molecular complexity index is 1760. The van der Waals surface area contributed by atoms with E-state index in [0.29, 0.717) is 35.3 Å². The molecule has 2 unspecified atom stereocenters. The molecule has 3 aromatic heterocycles. The van der Waals surface area contributed by atoms with E-state index in [0.717, 1.165) is 39.3 Å². The lowest BCUT2D eigenvalue weighted by Crippen LogP contribution is -2.38. The summed E-state index contributed by atoms with van der Waals surface area (Å²) < 4.78 is 18.1. The van der Waals surface area contributed by atoms with Crippen molar-refractivity contribution in [2.45, 2.75) is 39.8 Å². The lowest BCUT2D eigenvalue weighted by molar-refractivity contribution is -0.143. The molecule has 204 valence electrons. The molecule has 2 aliphatic heterocycles. The quantitative estimate of drug-likeness (QED) is 0.306. The van der Waals surface area contributed by atoms with Crippen LogP contribution in [0.25, 0.3) is 32.2 Å². The van der Waals surface area contributed by atoms with Crippen LogP contribution in [0.1, 0.15) is 31.6 Å². The van der Waals surface area contributed by atoms with Gasteiger partial charge in [-0.2, -0.15) is 5.26 Å². The number of rotatable bonds is 5. The molecular formula is C30H27ClFN5O2S. The van der Waals surface area contributed by atoms with Gasteiger partial charge in [-0.15, -0.1) is 11.3 Å². The molecule has 7 rings (SSSR count). The highest BCUT2D eigenvalue weighted by Crippen LogP contribution is 2.63. The van der Waals surface area contributed by atoms with Crippen LogP contribution in [0.5, 0.6) is 0 Å². The number of benzene rings is 1. The highest BCUT2D eigenvalue weighted by atomic mass is 35.5. The van der Waals surface area contributed by atoms with Crippen LogP contribution < -0.4 is 5.32 Å². The van der Waals surface area contributed by atoms with Crippen molar-refractivity contribution in [3.63, 3.8) is 0 Å². The van der Waals surface area contributed by atoms with Gasteiger partial charge in [0.05, 0.1) is 45.6 Å². The lowest BCUT2D eigenvalue weighted by atomic mass is 9.80. The van der Waals surface area contributed by atoms with E-state index in [9.17, 15) is 14.9 Å². The van der Waals surface area contributed by atoms with Crippen molar-refractivity contribution in [1.82, 2.24) is 19.8 Å². The first-order valence-corrected chi connectivity index (χ1v) is 14.7. The number of nitrogens with zero attached hydrogens (tertiary/aromatic N) is 4. The molecule has 1 aromatic carbocycles. The van der Waals surface area contributed by atoms with Crippen LogP contribution in [0.4, 0.5) is 4.39 Å². The van der Waals surface area contributed by atoms with E-state index in [-0.39, 0.29) is 41.4 Å². The number of pyridine rings is 1. The Morgan fingerprint density at radius 2 is 1.90 bits per heavy atom. The largest absolute Gasteiger partial charge is 0.342 e. The number of halogens is 2. The molecule has 0 spiro atoms. The predicted molar refractivity (Wildman–Crippen MR) is 152 cm³/mol. The maximum atomic E-state index is 15.3. The summed E-state index contributed by atoms with van der Waals surface area (Å²) >= 11 is 7.99. The zero-order valence-corrected chi connectivity index (χ0v) is 23.7. The fourth-order valence-electron chi connectivity index (χ4n) is 6.82. The number of aromatic nitrogens is 2. The van der Waals surface area contributed by atoms with Gasteiger partial charge in [-0.3, -0.25) is 19.5 Å². The third kappa shape index (κ3) is 3.73. The average molecular weight is 576 g/mol. The molecular weight excluding hydrogens is 549 g/mol. The number of hydrogen-bond donors (Lipinski definition) is 1. The molecule has 3 fully saturated rings. The minimum atomic E-state index is -0.589. The minimum absolute atomic E-state index is 0.0974. The first-order valence-electron chi connectivity index (χ1n) is 13.5. The number of nitriles is 1. The SMILES string of the molecule is CC1(C)C2C(=O)N(Cc3cc4nccc(-c5cc(Cl)cc6c(F)cn(CC7(C#N)CCNCC7)c56)c4s3)C(=O)C21. The summed E-state index contributed by atoms with van der Waals surface area (Å²) in [7, 11) is 0. The summed E-state index contributed by atoms with van der Waals surface area (Å²) in [6, 6.07) is 9.78. The molecule has 7 nitrogen and oxygen atoms in total. The number of thiophene rings is 1. The fraction of sp³-hybridized carbons (Fsp3) is 0.400. The highest BCUT2D eigenvalue weighted by Gasteiger charge is 2.72. The summed E-state index contributed by atoms with van der Waals surface area (Å²) in [6.07, 6.45) is 4.56.